The van der Waals surface area contributed by atoms with Gasteiger partial charge in [-0.3, -0.25) is 0 Å². The second-order valence-corrected chi connectivity index (χ2v) is 8.70. The molecule has 4 rings (SSSR count). The average Bonchev–Trinajstić information content (AvgIpc) is 3.28. The van der Waals surface area contributed by atoms with Gasteiger partial charge in [0.25, 0.3) is 5.89 Å². The third kappa shape index (κ3) is 3.42. The van der Waals surface area contributed by atoms with E-state index in [1.807, 2.05) is 44.2 Å². The third-order valence-corrected chi connectivity index (χ3v) is 6.51. The van der Waals surface area contributed by atoms with Gasteiger partial charge in [0.1, 0.15) is 4.90 Å². The zero-order chi connectivity index (χ0) is 19.2. The number of H-pyrrole nitrogens is 1. The van der Waals surface area contributed by atoms with E-state index in [9.17, 15) is 8.42 Å². The van der Waals surface area contributed by atoms with Crippen LogP contribution in [-0.2, 0) is 10.0 Å². The Morgan fingerprint density at radius 3 is 2.52 bits per heavy atom. The molecule has 0 aliphatic heterocycles. The summed E-state index contributed by atoms with van der Waals surface area (Å²) in [6.45, 7) is 5.36. The summed E-state index contributed by atoms with van der Waals surface area (Å²) in [7, 11) is -3.80. The van der Waals surface area contributed by atoms with Crippen LogP contribution in [-0.4, -0.2) is 23.6 Å². The fourth-order valence-electron chi connectivity index (χ4n) is 3.28. The first-order chi connectivity index (χ1) is 12.9. The summed E-state index contributed by atoms with van der Waals surface area (Å²) in [5.41, 5.74) is 2.56. The van der Waals surface area contributed by atoms with Crippen molar-refractivity contribution < 1.29 is 12.8 Å². The van der Waals surface area contributed by atoms with Crippen molar-refractivity contribution in [2.75, 3.05) is 0 Å². The molecule has 2 N–H and O–H groups in total. The average molecular weight is 386 g/mol. The lowest BCUT2D eigenvalue weighted by molar-refractivity contribution is 0.506. The Hall–Kier alpha value is -2.45. The molecule has 0 unspecified atom stereocenters. The highest BCUT2D eigenvalue weighted by Gasteiger charge is 2.33. The van der Waals surface area contributed by atoms with E-state index >= 15 is 0 Å². The fourth-order valence-corrected chi connectivity index (χ4v) is 4.97. The van der Waals surface area contributed by atoms with Crippen molar-refractivity contribution in [1.29, 1.82) is 0 Å². The monoisotopic (exact) mass is 386 g/mol. The van der Waals surface area contributed by atoms with E-state index in [1.54, 1.807) is 6.92 Å². The number of aryl methyl sites for hydroxylation is 2. The molecule has 0 saturated heterocycles. The summed E-state index contributed by atoms with van der Waals surface area (Å²) in [4.78, 5) is 3.26. The number of benzene rings is 1. The largest absolute Gasteiger partial charge is 0.420 e. The van der Waals surface area contributed by atoms with Gasteiger partial charge in [0.05, 0.1) is 5.56 Å². The predicted molar refractivity (Wildman–Crippen MR) is 101 cm³/mol. The van der Waals surface area contributed by atoms with Gasteiger partial charge in [0.15, 0.2) is 0 Å². The molecule has 0 bridgehead atoms. The Morgan fingerprint density at radius 1 is 1.15 bits per heavy atom. The molecule has 1 aliphatic carbocycles. The number of hydrogen-bond donors (Lipinski definition) is 2. The van der Waals surface area contributed by atoms with Gasteiger partial charge in [-0.15, -0.1) is 10.2 Å². The van der Waals surface area contributed by atoms with E-state index in [0.717, 1.165) is 18.4 Å². The zero-order valence-electron chi connectivity index (χ0n) is 15.5. The van der Waals surface area contributed by atoms with Crippen LogP contribution in [0.5, 0.6) is 0 Å². The molecule has 8 heteroatoms. The van der Waals surface area contributed by atoms with Crippen LogP contribution >= 0.6 is 0 Å². The fraction of sp³-hybridized carbons (Fsp3) is 0.368. The van der Waals surface area contributed by atoms with Crippen molar-refractivity contribution >= 4 is 10.0 Å². The maximum atomic E-state index is 13.2. The van der Waals surface area contributed by atoms with Crippen molar-refractivity contribution in [1.82, 2.24) is 19.9 Å². The lowest BCUT2D eigenvalue weighted by Gasteiger charge is -2.15. The molecule has 1 saturated carbocycles. The molecule has 2 aromatic heterocycles. The van der Waals surface area contributed by atoms with E-state index in [-0.39, 0.29) is 16.8 Å². The molecule has 1 aliphatic rings. The Morgan fingerprint density at radius 2 is 1.85 bits per heavy atom. The van der Waals surface area contributed by atoms with Gasteiger partial charge in [-0.2, -0.15) is 0 Å². The topological polar surface area (TPSA) is 101 Å². The maximum Gasteiger partial charge on any atom is 0.250 e. The highest BCUT2D eigenvalue weighted by molar-refractivity contribution is 7.89. The van der Waals surface area contributed by atoms with Crippen LogP contribution in [0.15, 0.2) is 39.6 Å². The minimum atomic E-state index is -3.80. The van der Waals surface area contributed by atoms with Gasteiger partial charge in [-0.1, -0.05) is 30.3 Å². The minimum Gasteiger partial charge on any atom is -0.420 e. The van der Waals surface area contributed by atoms with Crippen LogP contribution in [0, 0.1) is 13.8 Å². The standard InChI is InChI=1S/C19H22N4O3S/c1-11(14-7-5-4-6-8-14)23-27(24,25)17-13(3)20-12(2)16(17)19-22-21-18(26-19)15-9-10-15/h4-8,11,15,20,23H,9-10H2,1-3H3/t11-/m0/s1. The number of nitrogens with one attached hydrogen (secondary N) is 2. The van der Waals surface area contributed by atoms with Gasteiger partial charge in [0.2, 0.25) is 15.9 Å². The Kier molecular flexibility index (Phi) is 4.39. The van der Waals surface area contributed by atoms with E-state index in [0.29, 0.717) is 28.8 Å². The highest BCUT2D eigenvalue weighted by Crippen LogP contribution is 2.41. The molecule has 0 spiro atoms. The first-order valence-corrected chi connectivity index (χ1v) is 10.5. The van der Waals surface area contributed by atoms with Gasteiger partial charge in [0, 0.05) is 23.3 Å². The van der Waals surface area contributed by atoms with Crippen molar-refractivity contribution in [3.63, 3.8) is 0 Å². The molecule has 0 radical (unpaired) electrons. The summed E-state index contributed by atoms with van der Waals surface area (Å²) >= 11 is 0. The summed E-state index contributed by atoms with van der Waals surface area (Å²) < 4.78 is 34.9. The SMILES string of the molecule is Cc1[nH]c(C)c(S(=O)(=O)N[C@@H](C)c2ccccc2)c1-c1nnc(C2CC2)o1. The van der Waals surface area contributed by atoms with E-state index in [2.05, 4.69) is 19.9 Å². The van der Waals surface area contributed by atoms with Crippen molar-refractivity contribution in [2.45, 2.75) is 50.5 Å². The third-order valence-electron chi connectivity index (χ3n) is 4.80. The maximum absolute atomic E-state index is 13.2. The van der Waals surface area contributed by atoms with Gasteiger partial charge in [-0.05, 0) is 39.2 Å². The predicted octanol–water partition coefficient (Wildman–Crippen LogP) is 3.60. The quantitative estimate of drug-likeness (QED) is 0.674. The van der Waals surface area contributed by atoms with Crippen LogP contribution in [0.25, 0.3) is 11.5 Å². The van der Waals surface area contributed by atoms with E-state index in [4.69, 9.17) is 4.42 Å². The summed E-state index contributed by atoms with van der Waals surface area (Å²) in [5.74, 6) is 1.13. The van der Waals surface area contributed by atoms with Crippen LogP contribution in [0.4, 0.5) is 0 Å². The van der Waals surface area contributed by atoms with Crippen LogP contribution < -0.4 is 4.72 Å². The number of nitrogens with zero attached hydrogens (tertiary/aromatic N) is 2. The Bertz CT molecular complexity index is 1070. The normalized spacial score (nSPS) is 15.8. The number of rotatable bonds is 6. The van der Waals surface area contributed by atoms with Gasteiger partial charge in [-0.25, -0.2) is 13.1 Å². The second kappa shape index (κ2) is 6.61. The van der Waals surface area contributed by atoms with Crippen LogP contribution in [0.2, 0.25) is 0 Å². The first-order valence-electron chi connectivity index (χ1n) is 8.97. The lowest BCUT2D eigenvalue weighted by atomic mass is 10.1. The van der Waals surface area contributed by atoms with Gasteiger partial charge >= 0.3 is 0 Å². The van der Waals surface area contributed by atoms with Crippen molar-refractivity contribution in [2.24, 2.45) is 0 Å². The van der Waals surface area contributed by atoms with Crippen LogP contribution in [0.3, 0.4) is 0 Å². The minimum absolute atomic E-state index is 0.161. The molecule has 2 heterocycles. The number of hydrogen-bond acceptors (Lipinski definition) is 5. The van der Waals surface area contributed by atoms with E-state index < -0.39 is 10.0 Å². The number of aromatic amines is 1. The smallest absolute Gasteiger partial charge is 0.250 e. The van der Waals surface area contributed by atoms with Crippen LogP contribution in [0.1, 0.15) is 54.6 Å². The molecule has 1 aromatic carbocycles. The molecule has 7 nitrogen and oxygen atoms in total. The second-order valence-electron chi connectivity index (χ2n) is 7.05. The molecule has 1 atom stereocenters. The Labute approximate surface area is 158 Å². The molecule has 1 fully saturated rings. The molecular formula is C19H22N4O3S. The molecular weight excluding hydrogens is 364 g/mol. The van der Waals surface area contributed by atoms with Crippen molar-refractivity contribution in [3.05, 3.63) is 53.2 Å². The lowest BCUT2D eigenvalue weighted by Crippen LogP contribution is -2.27. The number of aromatic nitrogens is 3. The van der Waals surface area contributed by atoms with E-state index in [1.165, 1.54) is 0 Å². The summed E-state index contributed by atoms with van der Waals surface area (Å²) in [6, 6.07) is 9.08. The molecule has 142 valence electrons. The zero-order valence-corrected chi connectivity index (χ0v) is 16.3. The first kappa shape index (κ1) is 17.9. The summed E-state index contributed by atoms with van der Waals surface area (Å²) in [5, 5.41) is 8.20. The molecule has 3 aromatic rings. The highest BCUT2D eigenvalue weighted by atomic mass is 32.2. The Balaban J connectivity index is 1.71. The molecule has 27 heavy (non-hydrogen) atoms. The molecule has 0 amide bonds. The van der Waals surface area contributed by atoms with Gasteiger partial charge < -0.3 is 9.40 Å². The van der Waals surface area contributed by atoms with Crippen molar-refractivity contribution in [3.8, 4) is 11.5 Å². The summed E-state index contributed by atoms with van der Waals surface area (Å²) in [6.07, 6.45) is 2.07. The number of sulfonamides is 1.